The molecule has 1 amide bonds. The van der Waals surface area contributed by atoms with Gasteiger partial charge in [-0.25, -0.2) is 4.68 Å². The molecule has 0 saturated carbocycles. The van der Waals surface area contributed by atoms with Gasteiger partial charge in [-0.2, -0.15) is 0 Å². The lowest BCUT2D eigenvalue weighted by Crippen LogP contribution is -2.37. The Hall–Kier alpha value is -1.71. The molecule has 3 heterocycles. The molecule has 1 aromatic heterocycles. The van der Waals surface area contributed by atoms with E-state index in [1.807, 2.05) is 16.8 Å². The van der Waals surface area contributed by atoms with Crippen LogP contribution >= 0.6 is 24.8 Å². The highest BCUT2D eigenvalue weighted by Crippen LogP contribution is 2.23. The topological polar surface area (TPSA) is 84.3 Å². The number of aromatic nitrogens is 3. The lowest BCUT2D eigenvalue weighted by atomic mass is 10.1. The van der Waals surface area contributed by atoms with Gasteiger partial charge in [-0.15, -0.1) is 29.9 Å². The van der Waals surface area contributed by atoms with Crippen molar-refractivity contribution in [2.75, 3.05) is 44.7 Å². The smallest absolute Gasteiger partial charge is 0.277 e. The minimum absolute atomic E-state index is 0. The number of benzene rings is 1. The van der Waals surface area contributed by atoms with Crippen LogP contribution in [0, 0.1) is 0 Å². The number of ether oxygens (including phenoxy) is 1. The molecular weight excluding hydrogens is 427 g/mol. The van der Waals surface area contributed by atoms with E-state index in [2.05, 4.69) is 44.9 Å². The third kappa shape index (κ3) is 5.92. The number of hydrogen-bond donors (Lipinski definition) is 2. The summed E-state index contributed by atoms with van der Waals surface area (Å²) in [5.41, 5.74) is 2.35. The number of carbonyl (C=O) groups is 1. The van der Waals surface area contributed by atoms with Crippen LogP contribution in [-0.4, -0.2) is 65.2 Å². The Morgan fingerprint density at radius 2 is 1.83 bits per heavy atom. The van der Waals surface area contributed by atoms with Crippen LogP contribution in [0.4, 0.5) is 5.69 Å². The molecule has 1 atom stereocenters. The van der Waals surface area contributed by atoms with Gasteiger partial charge in [0.25, 0.3) is 5.91 Å². The maximum atomic E-state index is 12.5. The van der Waals surface area contributed by atoms with E-state index < -0.39 is 0 Å². The Morgan fingerprint density at radius 3 is 2.50 bits per heavy atom. The zero-order valence-electron chi connectivity index (χ0n) is 17.1. The van der Waals surface area contributed by atoms with Crippen molar-refractivity contribution in [1.82, 2.24) is 25.2 Å². The standard InChI is InChI=1S/C20H28N6O2.2ClH/c1-15(25-10-12-28-13-11-25)16-2-4-17(5-3-16)22-20(27)19-14-26(24-23-19)18-6-8-21-9-7-18;;/h2-5,14-15,18,21H,6-13H2,1H3,(H,22,27);2*1H. The zero-order chi connectivity index (χ0) is 19.3. The van der Waals surface area contributed by atoms with E-state index in [4.69, 9.17) is 4.74 Å². The van der Waals surface area contributed by atoms with Gasteiger partial charge in [0.2, 0.25) is 0 Å². The van der Waals surface area contributed by atoms with Gasteiger partial charge in [0.1, 0.15) is 0 Å². The first-order valence-electron chi connectivity index (χ1n) is 10.1. The largest absolute Gasteiger partial charge is 0.379 e. The summed E-state index contributed by atoms with van der Waals surface area (Å²) >= 11 is 0. The van der Waals surface area contributed by atoms with E-state index in [0.29, 0.717) is 17.8 Å². The molecule has 2 saturated heterocycles. The SMILES string of the molecule is CC(c1ccc(NC(=O)c2cn(C3CCNCC3)nn2)cc1)N1CCOCC1.Cl.Cl. The number of halogens is 2. The first-order chi connectivity index (χ1) is 13.7. The summed E-state index contributed by atoms with van der Waals surface area (Å²) in [5.74, 6) is -0.228. The van der Waals surface area contributed by atoms with Crippen molar-refractivity contribution in [2.45, 2.75) is 31.8 Å². The van der Waals surface area contributed by atoms with E-state index in [1.165, 1.54) is 5.56 Å². The number of nitrogens with one attached hydrogen (secondary N) is 2. The highest BCUT2D eigenvalue weighted by atomic mass is 35.5. The molecule has 0 radical (unpaired) electrons. The van der Waals surface area contributed by atoms with Gasteiger partial charge in [-0.3, -0.25) is 9.69 Å². The maximum absolute atomic E-state index is 12.5. The fourth-order valence-corrected chi connectivity index (χ4v) is 3.85. The number of piperidine rings is 1. The average Bonchev–Trinajstić information content (AvgIpc) is 3.26. The first kappa shape index (κ1) is 24.6. The Kier molecular flexibility index (Phi) is 9.51. The predicted molar refractivity (Wildman–Crippen MR) is 121 cm³/mol. The molecule has 1 unspecified atom stereocenters. The molecule has 1 aromatic carbocycles. The highest BCUT2D eigenvalue weighted by Gasteiger charge is 2.20. The summed E-state index contributed by atoms with van der Waals surface area (Å²) in [6.45, 7) is 7.63. The Bertz CT molecular complexity index is 789. The van der Waals surface area contributed by atoms with Crippen LogP contribution in [0.25, 0.3) is 0 Å². The van der Waals surface area contributed by atoms with Crippen molar-refractivity contribution in [3.05, 3.63) is 41.7 Å². The van der Waals surface area contributed by atoms with Crippen molar-refractivity contribution < 1.29 is 9.53 Å². The van der Waals surface area contributed by atoms with Crippen molar-refractivity contribution in [1.29, 1.82) is 0 Å². The number of nitrogens with zero attached hydrogens (tertiary/aromatic N) is 4. The molecule has 2 fully saturated rings. The second kappa shape index (κ2) is 11.6. The van der Waals surface area contributed by atoms with Gasteiger partial charge in [0.05, 0.1) is 25.5 Å². The van der Waals surface area contributed by atoms with E-state index in [-0.39, 0.29) is 30.7 Å². The number of anilines is 1. The Balaban J connectivity index is 0.00000160. The summed E-state index contributed by atoms with van der Waals surface area (Å²) in [6.07, 6.45) is 3.76. The summed E-state index contributed by atoms with van der Waals surface area (Å²) in [7, 11) is 0. The lowest BCUT2D eigenvalue weighted by molar-refractivity contribution is 0.0198. The van der Waals surface area contributed by atoms with Crippen LogP contribution in [-0.2, 0) is 4.74 Å². The molecule has 0 spiro atoms. The minimum atomic E-state index is -0.228. The van der Waals surface area contributed by atoms with E-state index in [0.717, 1.165) is 57.9 Å². The molecule has 2 N–H and O–H groups in total. The summed E-state index contributed by atoms with van der Waals surface area (Å²) < 4.78 is 7.25. The monoisotopic (exact) mass is 456 g/mol. The third-order valence-corrected chi connectivity index (χ3v) is 5.67. The van der Waals surface area contributed by atoms with Crippen molar-refractivity contribution in [2.24, 2.45) is 0 Å². The minimum Gasteiger partial charge on any atom is -0.379 e. The molecular formula is C20H30Cl2N6O2. The van der Waals surface area contributed by atoms with Crippen LogP contribution in [0.5, 0.6) is 0 Å². The molecule has 2 aliphatic rings. The molecule has 166 valence electrons. The fourth-order valence-electron chi connectivity index (χ4n) is 3.85. The summed E-state index contributed by atoms with van der Waals surface area (Å²) in [6, 6.07) is 8.68. The van der Waals surface area contributed by atoms with Crippen LogP contribution in [0.2, 0.25) is 0 Å². The quantitative estimate of drug-likeness (QED) is 0.719. The number of morpholine rings is 1. The van der Waals surface area contributed by atoms with Crippen LogP contribution in [0.1, 0.15) is 47.9 Å². The molecule has 4 rings (SSSR count). The zero-order valence-corrected chi connectivity index (χ0v) is 18.8. The molecule has 0 aliphatic carbocycles. The number of carbonyl (C=O) groups excluding carboxylic acids is 1. The van der Waals surface area contributed by atoms with E-state index >= 15 is 0 Å². The first-order valence-corrected chi connectivity index (χ1v) is 10.1. The lowest BCUT2D eigenvalue weighted by Gasteiger charge is -2.32. The van der Waals surface area contributed by atoms with Crippen LogP contribution < -0.4 is 10.6 Å². The van der Waals surface area contributed by atoms with Gasteiger partial charge in [-0.1, -0.05) is 17.3 Å². The fraction of sp³-hybridized carbons (Fsp3) is 0.550. The second-order valence-corrected chi connectivity index (χ2v) is 7.47. The Morgan fingerprint density at radius 1 is 1.17 bits per heavy atom. The molecule has 0 bridgehead atoms. The van der Waals surface area contributed by atoms with Crippen molar-refractivity contribution in [3.8, 4) is 0 Å². The molecule has 2 aliphatic heterocycles. The number of rotatable bonds is 5. The number of amides is 1. The second-order valence-electron chi connectivity index (χ2n) is 7.47. The van der Waals surface area contributed by atoms with Gasteiger partial charge >= 0.3 is 0 Å². The van der Waals surface area contributed by atoms with Crippen molar-refractivity contribution in [3.63, 3.8) is 0 Å². The molecule has 30 heavy (non-hydrogen) atoms. The highest BCUT2D eigenvalue weighted by molar-refractivity contribution is 6.02. The predicted octanol–water partition coefficient (Wildman–Crippen LogP) is 2.69. The Labute approximate surface area is 189 Å². The van der Waals surface area contributed by atoms with Gasteiger partial charge < -0.3 is 15.4 Å². The van der Waals surface area contributed by atoms with Gasteiger partial charge in [0, 0.05) is 24.8 Å². The van der Waals surface area contributed by atoms with E-state index in [9.17, 15) is 4.79 Å². The maximum Gasteiger partial charge on any atom is 0.277 e. The normalized spacial score (nSPS) is 18.7. The van der Waals surface area contributed by atoms with Crippen LogP contribution in [0.3, 0.4) is 0 Å². The van der Waals surface area contributed by atoms with Crippen LogP contribution in [0.15, 0.2) is 30.5 Å². The molecule has 2 aromatic rings. The molecule has 10 heteroatoms. The molecule has 8 nitrogen and oxygen atoms in total. The average molecular weight is 457 g/mol. The van der Waals surface area contributed by atoms with Gasteiger partial charge in [-0.05, 0) is 50.6 Å². The summed E-state index contributed by atoms with van der Waals surface area (Å²) in [5, 5.41) is 14.5. The summed E-state index contributed by atoms with van der Waals surface area (Å²) in [4.78, 5) is 14.9. The third-order valence-electron chi connectivity index (χ3n) is 5.67. The van der Waals surface area contributed by atoms with Crippen molar-refractivity contribution >= 4 is 36.4 Å². The van der Waals surface area contributed by atoms with E-state index in [1.54, 1.807) is 6.20 Å². The number of hydrogen-bond acceptors (Lipinski definition) is 6. The van der Waals surface area contributed by atoms with Gasteiger partial charge in [0.15, 0.2) is 5.69 Å².